The number of hydrogen-bond acceptors (Lipinski definition) is 6. The first-order valence-corrected chi connectivity index (χ1v) is 8.97. The summed E-state index contributed by atoms with van der Waals surface area (Å²) in [5.41, 5.74) is -0.441. The van der Waals surface area contributed by atoms with Crippen LogP contribution in [0.5, 0.6) is 0 Å². The van der Waals surface area contributed by atoms with Crippen molar-refractivity contribution >= 4 is 27.5 Å². The zero-order valence-corrected chi connectivity index (χ0v) is 16.0. The highest BCUT2D eigenvalue weighted by molar-refractivity contribution is 7.21. The molecule has 0 saturated carbocycles. The number of nitrogens with one attached hydrogen (secondary N) is 1. The molecule has 1 N–H and O–H groups in total. The van der Waals surface area contributed by atoms with Crippen molar-refractivity contribution in [2.24, 2.45) is 0 Å². The second-order valence-electron chi connectivity index (χ2n) is 6.38. The molecule has 3 rings (SSSR count). The smallest absolute Gasteiger partial charge is 0.330 e. The molecule has 3 aromatic heterocycles. The fourth-order valence-electron chi connectivity index (χ4n) is 2.74. The van der Waals surface area contributed by atoms with E-state index in [1.54, 1.807) is 20.9 Å². The third-order valence-corrected chi connectivity index (χ3v) is 5.63. The average Bonchev–Trinajstić information content (AvgIpc) is 3.21. The van der Waals surface area contributed by atoms with Gasteiger partial charge in [0.15, 0.2) is 0 Å². The minimum Gasteiger partial charge on any atom is -0.342 e. The molecule has 3 aromatic rings. The summed E-state index contributed by atoms with van der Waals surface area (Å²) in [4.78, 5) is 44.2. The predicted molar refractivity (Wildman–Crippen MR) is 99.0 cm³/mol. The molecule has 9 nitrogen and oxygen atoms in total. The lowest BCUT2D eigenvalue weighted by molar-refractivity contribution is -0.134. The second kappa shape index (κ2) is 6.52. The highest BCUT2D eigenvalue weighted by atomic mass is 32.1. The number of H-pyrrole nitrogens is 1. The summed E-state index contributed by atoms with van der Waals surface area (Å²) in [6.45, 7) is 7.07. The van der Waals surface area contributed by atoms with Crippen molar-refractivity contribution in [1.29, 1.82) is 0 Å². The van der Waals surface area contributed by atoms with Crippen LogP contribution in [-0.4, -0.2) is 48.4 Å². The van der Waals surface area contributed by atoms with Gasteiger partial charge in [-0.25, -0.2) is 9.36 Å². The van der Waals surface area contributed by atoms with E-state index >= 15 is 0 Å². The topological polar surface area (TPSA) is 106 Å². The number of aryl methyl sites for hydroxylation is 1. The summed E-state index contributed by atoms with van der Waals surface area (Å²) >= 11 is 1.22. The molecular formula is C16H20N6O3S. The molecule has 0 spiro atoms. The molecule has 0 aliphatic rings. The molecule has 3 heterocycles. The molecule has 26 heavy (non-hydrogen) atoms. The molecule has 1 amide bonds. The normalized spacial score (nSPS) is 12.7. The van der Waals surface area contributed by atoms with Crippen molar-refractivity contribution < 1.29 is 4.79 Å². The van der Waals surface area contributed by atoms with E-state index in [-0.39, 0.29) is 11.9 Å². The molecule has 0 fully saturated rings. The van der Waals surface area contributed by atoms with Gasteiger partial charge in [0.25, 0.3) is 5.56 Å². The van der Waals surface area contributed by atoms with Crippen LogP contribution in [0, 0.1) is 6.92 Å². The molecule has 0 radical (unpaired) electrons. The van der Waals surface area contributed by atoms with Gasteiger partial charge < -0.3 is 4.90 Å². The van der Waals surface area contributed by atoms with Crippen molar-refractivity contribution in [2.75, 3.05) is 7.05 Å². The van der Waals surface area contributed by atoms with E-state index in [0.717, 1.165) is 4.57 Å². The molecule has 0 aliphatic carbocycles. The lowest BCUT2D eigenvalue weighted by Crippen LogP contribution is -2.45. The second-order valence-corrected chi connectivity index (χ2v) is 7.38. The molecule has 0 saturated heterocycles. The van der Waals surface area contributed by atoms with E-state index < -0.39 is 17.3 Å². The largest absolute Gasteiger partial charge is 0.342 e. The standard InChI is InChI=1S/C16H20N6O3S/c1-8(2)20(5)13(23)10(4)21-14(24)11-9(3)15(22-17-6-7-18-22)26-12(11)19-16(21)25/h6-8,10H,1-5H3,(H,19,25). The maximum absolute atomic E-state index is 13.0. The fraction of sp³-hybridized carbons (Fsp3) is 0.438. The number of hydrogen-bond donors (Lipinski definition) is 1. The zero-order chi connectivity index (χ0) is 19.2. The number of rotatable bonds is 4. The van der Waals surface area contributed by atoms with Crippen molar-refractivity contribution in [2.45, 2.75) is 39.8 Å². The van der Waals surface area contributed by atoms with Gasteiger partial charge in [0.1, 0.15) is 15.9 Å². The number of carbonyl (C=O) groups excluding carboxylic acids is 1. The molecular weight excluding hydrogens is 356 g/mol. The predicted octanol–water partition coefficient (Wildman–Crippen LogP) is 1.07. The number of aromatic nitrogens is 5. The fourth-order valence-corrected chi connectivity index (χ4v) is 3.85. The van der Waals surface area contributed by atoms with Crippen molar-refractivity contribution in [3.05, 3.63) is 38.8 Å². The summed E-state index contributed by atoms with van der Waals surface area (Å²) in [5, 5.41) is 9.17. The van der Waals surface area contributed by atoms with E-state index in [4.69, 9.17) is 0 Å². The minimum atomic E-state index is -0.909. The maximum Gasteiger partial charge on any atom is 0.330 e. The third-order valence-electron chi connectivity index (χ3n) is 4.46. The zero-order valence-electron chi connectivity index (χ0n) is 15.2. The number of likely N-dealkylation sites (N-methyl/N-ethyl adjacent to an activating group) is 1. The highest BCUT2D eigenvalue weighted by Gasteiger charge is 2.26. The van der Waals surface area contributed by atoms with Gasteiger partial charge in [0.2, 0.25) is 5.91 Å². The van der Waals surface area contributed by atoms with Gasteiger partial charge in [-0.2, -0.15) is 10.2 Å². The first-order chi connectivity index (χ1) is 12.2. The Morgan fingerprint density at radius 1 is 1.23 bits per heavy atom. The van der Waals surface area contributed by atoms with Crippen LogP contribution in [-0.2, 0) is 4.79 Å². The molecule has 138 valence electrons. The quantitative estimate of drug-likeness (QED) is 0.733. The van der Waals surface area contributed by atoms with Crippen LogP contribution in [0.1, 0.15) is 32.4 Å². The van der Waals surface area contributed by atoms with Crippen molar-refractivity contribution in [3.8, 4) is 5.00 Å². The van der Waals surface area contributed by atoms with E-state index in [0.29, 0.717) is 20.8 Å². The number of nitrogens with zero attached hydrogens (tertiary/aromatic N) is 5. The Bertz CT molecular complexity index is 1080. The Kier molecular flexibility index (Phi) is 4.53. The van der Waals surface area contributed by atoms with Crippen LogP contribution in [0.2, 0.25) is 0 Å². The van der Waals surface area contributed by atoms with Gasteiger partial charge in [-0.15, -0.1) is 4.80 Å². The van der Waals surface area contributed by atoms with E-state index in [2.05, 4.69) is 15.2 Å². The molecule has 1 unspecified atom stereocenters. The minimum absolute atomic E-state index is 0.0381. The van der Waals surface area contributed by atoms with Crippen molar-refractivity contribution in [1.82, 2.24) is 29.4 Å². The van der Waals surface area contributed by atoms with Gasteiger partial charge >= 0.3 is 5.69 Å². The lowest BCUT2D eigenvalue weighted by atomic mass is 10.2. The molecule has 0 bridgehead atoms. The number of amides is 1. The maximum atomic E-state index is 13.0. The average molecular weight is 376 g/mol. The highest BCUT2D eigenvalue weighted by Crippen LogP contribution is 2.28. The van der Waals surface area contributed by atoms with Gasteiger partial charge in [0, 0.05) is 18.7 Å². The third kappa shape index (κ3) is 2.75. The SMILES string of the molecule is Cc1c(-n2nccn2)sc2[nH]c(=O)n(C(C)C(=O)N(C)C(C)C)c(=O)c12. The summed E-state index contributed by atoms with van der Waals surface area (Å²) in [7, 11) is 1.65. The van der Waals surface area contributed by atoms with E-state index in [9.17, 15) is 14.4 Å². The van der Waals surface area contributed by atoms with Gasteiger partial charge in [-0.3, -0.25) is 14.6 Å². The summed E-state index contributed by atoms with van der Waals surface area (Å²) in [5.74, 6) is -0.297. The Hall–Kier alpha value is -2.75. The monoisotopic (exact) mass is 376 g/mol. The van der Waals surface area contributed by atoms with Crippen LogP contribution in [0.25, 0.3) is 15.2 Å². The summed E-state index contributed by atoms with van der Waals surface area (Å²) in [6, 6.07) is -0.947. The van der Waals surface area contributed by atoms with Gasteiger partial charge in [-0.1, -0.05) is 11.3 Å². The molecule has 0 aromatic carbocycles. The lowest BCUT2D eigenvalue weighted by Gasteiger charge is -2.25. The van der Waals surface area contributed by atoms with Crippen LogP contribution in [0.3, 0.4) is 0 Å². The van der Waals surface area contributed by atoms with Gasteiger partial charge in [0.05, 0.1) is 17.8 Å². The number of aromatic amines is 1. The number of fused-ring (bicyclic) bond motifs is 1. The van der Waals surface area contributed by atoms with Crippen LogP contribution in [0.4, 0.5) is 0 Å². The molecule has 0 aliphatic heterocycles. The van der Waals surface area contributed by atoms with Crippen molar-refractivity contribution in [3.63, 3.8) is 0 Å². The van der Waals surface area contributed by atoms with Crippen LogP contribution < -0.4 is 11.2 Å². The Morgan fingerprint density at radius 3 is 2.42 bits per heavy atom. The number of carbonyl (C=O) groups is 1. The number of thiophene rings is 1. The Morgan fingerprint density at radius 2 is 1.85 bits per heavy atom. The van der Waals surface area contributed by atoms with Crippen LogP contribution in [0.15, 0.2) is 22.0 Å². The van der Waals surface area contributed by atoms with Gasteiger partial charge in [-0.05, 0) is 27.7 Å². The van der Waals surface area contributed by atoms with E-state index in [1.807, 2.05) is 13.8 Å². The molecule has 1 atom stereocenters. The first-order valence-electron chi connectivity index (χ1n) is 8.15. The Balaban J connectivity index is 2.20. The Labute approximate surface area is 152 Å². The molecule has 10 heteroatoms. The van der Waals surface area contributed by atoms with E-state index in [1.165, 1.54) is 33.4 Å². The summed E-state index contributed by atoms with van der Waals surface area (Å²) in [6.07, 6.45) is 3.07. The first kappa shape index (κ1) is 18.1. The van der Waals surface area contributed by atoms with Crippen LogP contribution >= 0.6 is 11.3 Å². The summed E-state index contributed by atoms with van der Waals surface area (Å²) < 4.78 is 0.976.